The van der Waals surface area contributed by atoms with Crippen molar-refractivity contribution in [3.8, 4) is 11.1 Å². The van der Waals surface area contributed by atoms with Gasteiger partial charge in [-0.2, -0.15) is 0 Å². The maximum Gasteiger partial charge on any atom is 0.124 e. The summed E-state index contributed by atoms with van der Waals surface area (Å²) in [5.74, 6) is 3.03. The summed E-state index contributed by atoms with van der Waals surface area (Å²) in [7, 11) is 0. The third-order valence-electron chi connectivity index (χ3n) is 10.3. The Kier molecular flexibility index (Phi) is 3.83. The Hall–Kier alpha value is -3.74. The molecule has 4 heterocycles. The van der Waals surface area contributed by atoms with Crippen molar-refractivity contribution < 1.29 is 0 Å². The molecular formula is C33H30N6. The highest BCUT2D eigenvalue weighted by atomic mass is 15.1. The van der Waals surface area contributed by atoms with Gasteiger partial charge >= 0.3 is 0 Å². The summed E-state index contributed by atoms with van der Waals surface area (Å²) in [5.41, 5.74) is 7.32. The molecule has 2 saturated carbocycles. The van der Waals surface area contributed by atoms with Crippen molar-refractivity contribution in [1.82, 2.24) is 30.6 Å². The van der Waals surface area contributed by atoms with Crippen molar-refractivity contribution >= 4 is 43.6 Å². The normalized spacial score (nSPS) is 30.9. The van der Waals surface area contributed by atoms with Crippen LogP contribution >= 0.6 is 0 Å². The lowest BCUT2D eigenvalue weighted by molar-refractivity contribution is 0.489. The van der Waals surface area contributed by atoms with Gasteiger partial charge in [0.05, 0.1) is 34.2 Å². The molecule has 10 rings (SSSR count). The van der Waals surface area contributed by atoms with Gasteiger partial charge in [0.1, 0.15) is 11.6 Å². The SMILES string of the molecule is CC12CC1N[C@H](c1nc3c(ccc4cc(-c5ccc6c(ccc7[nH]c([C@@H]8C[C@H]9C[C@H]9N8)nc76)c5)ccc43)[nH]1)C2. The minimum Gasteiger partial charge on any atom is -0.341 e. The van der Waals surface area contributed by atoms with Gasteiger partial charge in [-0.3, -0.25) is 0 Å². The quantitative estimate of drug-likeness (QED) is 0.215. The number of fused-ring (bicyclic) bond motifs is 8. The summed E-state index contributed by atoms with van der Waals surface area (Å²) in [6, 6.07) is 24.5. The maximum absolute atomic E-state index is 5.09. The number of nitrogens with one attached hydrogen (secondary N) is 4. The molecule has 192 valence electrons. The molecule has 6 nitrogen and oxygen atoms in total. The van der Waals surface area contributed by atoms with Gasteiger partial charge in [0.15, 0.2) is 0 Å². The van der Waals surface area contributed by atoms with E-state index in [1.165, 1.54) is 58.4 Å². The van der Waals surface area contributed by atoms with E-state index in [0.717, 1.165) is 39.6 Å². The summed E-state index contributed by atoms with van der Waals surface area (Å²) in [6.45, 7) is 2.39. The Morgan fingerprint density at radius 1 is 0.692 bits per heavy atom. The molecule has 6 atom stereocenters. The van der Waals surface area contributed by atoms with Crippen LogP contribution in [0, 0.1) is 11.3 Å². The van der Waals surface area contributed by atoms with Crippen LogP contribution < -0.4 is 10.6 Å². The van der Waals surface area contributed by atoms with E-state index in [-0.39, 0.29) is 0 Å². The van der Waals surface area contributed by atoms with Crippen LogP contribution in [0.4, 0.5) is 0 Å². The lowest BCUT2D eigenvalue weighted by Crippen LogP contribution is -2.18. The van der Waals surface area contributed by atoms with Crippen molar-refractivity contribution in [2.45, 2.75) is 56.8 Å². The standard InChI is InChI=1S/C33H30N6/c1-33-14-27(35-28(33)15-33)32-37-24-9-5-19-11-17(3-7-22(19)30(24)39-32)16-2-6-21-18(10-16)4-8-23-29(21)38-31(36-23)26-13-20-12-25(20)34-26/h2-11,20,25-28,34-35H,12-15H2,1H3,(H,36,38)(H,37,39)/t20-,25-,26+,27+,28?,33?/m1/s1. The van der Waals surface area contributed by atoms with Crippen molar-refractivity contribution in [3.63, 3.8) is 0 Å². The Labute approximate surface area is 225 Å². The monoisotopic (exact) mass is 510 g/mol. The van der Waals surface area contributed by atoms with Gasteiger partial charge in [0.25, 0.3) is 0 Å². The van der Waals surface area contributed by atoms with Crippen LogP contribution in [-0.4, -0.2) is 32.0 Å². The van der Waals surface area contributed by atoms with Crippen molar-refractivity contribution in [1.29, 1.82) is 0 Å². The fourth-order valence-corrected chi connectivity index (χ4v) is 7.70. The zero-order valence-electron chi connectivity index (χ0n) is 21.9. The van der Waals surface area contributed by atoms with Gasteiger partial charge < -0.3 is 20.6 Å². The molecule has 2 unspecified atom stereocenters. The first-order valence-corrected chi connectivity index (χ1v) is 14.5. The predicted molar refractivity (Wildman–Crippen MR) is 156 cm³/mol. The molecule has 2 aliphatic carbocycles. The molecule has 4 fully saturated rings. The molecule has 0 radical (unpaired) electrons. The minimum atomic E-state index is 0.338. The van der Waals surface area contributed by atoms with E-state index in [2.05, 4.69) is 88.2 Å². The molecule has 6 heteroatoms. The number of H-pyrrole nitrogens is 2. The fourth-order valence-electron chi connectivity index (χ4n) is 7.70. The molecule has 0 spiro atoms. The number of nitrogens with zero attached hydrogens (tertiary/aromatic N) is 2. The first-order valence-electron chi connectivity index (χ1n) is 14.5. The van der Waals surface area contributed by atoms with E-state index in [4.69, 9.17) is 9.97 Å². The first-order chi connectivity index (χ1) is 19.1. The van der Waals surface area contributed by atoms with Crippen LogP contribution in [0.1, 0.15) is 56.3 Å². The summed E-state index contributed by atoms with van der Waals surface area (Å²) >= 11 is 0. The highest BCUT2D eigenvalue weighted by molar-refractivity contribution is 6.07. The smallest absolute Gasteiger partial charge is 0.124 e. The van der Waals surface area contributed by atoms with Crippen molar-refractivity contribution in [2.75, 3.05) is 0 Å². The number of rotatable bonds is 3. The van der Waals surface area contributed by atoms with Crippen LogP contribution in [0.3, 0.4) is 0 Å². The van der Waals surface area contributed by atoms with E-state index >= 15 is 0 Å². The molecule has 6 aromatic rings. The Morgan fingerprint density at radius 3 is 1.90 bits per heavy atom. The lowest BCUT2D eigenvalue weighted by Gasteiger charge is -2.10. The molecular weight excluding hydrogens is 480 g/mol. The minimum absolute atomic E-state index is 0.338. The average molecular weight is 511 g/mol. The lowest BCUT2D eigenvalue weighted by atomic mass is 9.98. The number of hydrogen-bond donors (Lipinski definition) is 4. The third-order valence-corrected chi connectivity index (χ3v) is 10.3. The number of piperidine rings is 2. The summed E-state index contributed by atoms with van der Waals surface area (Å²) in [4.78, 5) is 17.3. The van der Waals surface area contributed by atoms with E-state index < -0.39 is 0 Å². The van der Waals surface area contributed by atoms with Gasteiger partial charge in [0.2, 0.25) is 0 Å². The van der Waals surface area contributed by atoms with Crippen molar-refractivity contribution in [3.05, 3.63) is 72.3 Å². The molecule has 4 N–H and O–H groups in total. The molecule has 2 aromatic heterocycles. The maximum atomic E-state index is 5.09. The Balaban J connectivity index is 1.01. The predicted octanol–water partition coefficient (Wildman–Crippen LogP) is 6.65. The molecule has 2 aliphatic heterocycles. The number of hydrogen-bond acceptors (Lipinski definition) is 4. The van der Waals surface area contributed by atoms with Gasteiger partial charge in [-0.05, 0) is 83.2 Å². The van der Waals surface area contributed by atoms with Crippen LogP contribution in [0.15, 0.2) is 60.7 Å². The highest BCUT2D eigenvalue weighted by Crippen LogP contribution is 2.57. The average Bonchev–Trinajstić information content (AvgIpc) is 3.48. The van der Waals surface area contributed by atoms with Crippen LogP contribution in [0.25, 0.3) is 54.7 Å². The van der Waals surface area contributed by atoms with E-state index in [1.54, 1.807) is 0 Å². The molecule has 2 saturated heterocycles. The Bertz CT molecular complexity index is 1990. The number of imidazole rings is 2. The fraction of sp³-hybridized carbons (Fsp3) is 0.333. The highest BCUT2D eigenvalue weighted by Gasteiger charge is 2.57. The molecule has 0 amide bonds. The first kappa shape index (κ1) is 21.1. The summed E-state index contributed by atoms with van der Waals surface area (Å²) < 4.78 is 0. The van der Waals surface area contributed by atoms with E-state index in [0.29, 0.717) is 29.6 Å². The number of aromatic amines is 2. The molecule has 0 bridgehead atoms. The third kappa shape index (κ3) is 3.04. The number of aromatic nitrogens is 4. The number of benzene rings is 4. The van der Waals surface area contributed by atoms with Crippen LogP contribution in [0.2, 0.25) is 0 Å². The molecule has 39 heavy (non-hydrogen) atoms. The topological polar surface area (TPSA) is 81.4 Å². The van der Waals surface area contributed by atoms with Crippen molar-refractivity contribution in [2.24, 2.45) is 11.3 Å². The summed E-state index contributed by atoms with van der Waals surface area (Å²) in [5, 5.41) is 12.4. The van der Waals surface area contributed by atoms with Gasteiger partial charge in [-0.1, -0.05) is 43.3 Å². The zero-order valence-corrected chi connectivity index (χ0v) is 21.9. The van der Waals surface area contributed by atoms with Gasteiger partial charge in [-0.25, -0.2) is 9.97 Å². The largest absolute Gasteiger partial charge is 0.341 e. The summed E-state index contributed by atoms with van der Waals surface area (Å²) in [6.07, 6.45) is 5.02. The molecule has 4 aliphatic rings. The van der Waals surface area contributed by atoms with Gasteiger partial charge in [0, 0.05) is 22.9 Å². The van der Waals surface area contributed by atoms with Gasteiger partial charge in [-0.15, -0.1) is 0 Å². The second kappa shape index (κ2) is 7.06. The second-order valence-electron chi connectivity index (χ2n) is 12.9. The Morgan fingerprint density at radius 2 is 1.33 bits per heavy atom. The zero-order chi connectivity index (χ0) is 25.5. The second-order valence-corrected chi connectivity index (χ2v) is 12.9. The van der Waals surface area contributed by atoms with Crippen LogP contribution in [0.5, 0.6) is 0 Å². The van der Waals surface area contributed by atoms with Crippen LogP contribution in [-0.2, 0) is 0 Å². The van der Waals surface area contributed by atoms with E-state index in [9.17, 15) is 0 Å². The molecule has 4 aromatic carbocycles. The van der Waals surface area contributed by atoms with E-state index in [1.807, 2.05) is 0 Å².